The lowest BCUT2D eigenvalue weighted by Gasteiger charge is -2.33. The molecule has 1 fully saturated rings. The first-order valence-electron chi connectivity index (χ1n) is 8.13. The number of hydrogen-bond acceptors (Lipinski definition) is 6. The second-order valence-electron chi connectivity index (χ2n) is 6.02. The Balaban J connectivity index is 1.77. The van der Waals surface area contributed by atoms with E-state index in [9.17, 15) is 31.3 Å². The quantitative estimate of drug-likeness (QED) is 0.524. The predicted molar refractivity (Wildman–Crippen MR) is 97.0 cm³/mol. The van der Waals surface area contributed by atoms with Gasteiger partial charge in [-0.3, -0.25) is 10.1 Å². The molecular formula is C16H16FN3O6S2. The molecule has 0 saturated carbocycles. The number of hydrogen-bond donors (Lipinski definition) is 0. The number of sulfonamides is 2. The highest BCUT2D eigenvalue weighted by Crippen LogP contribution is 2.24. The van der Waals surface area contributed by atoms with Crippen molar-refractivity contribution in [2.24, 2.45) is 0 Å². The van der Waals surface area contributed by atoms with Crippen LogP contribution in [0.1, 0.15) is 0 Å². The maximum atomic E-state index is 13.0. The summed E-state index contributed by atoms with van der Waals surface area (Å²) in [7, 11) is -7.87. The molecule has 1 saturated heterocycles. The van der Waals surface area contributed by atoms with Crippen LogP contribution in [0.3, 0.4) is 0 Å². The molecule has 0 atom stereocenters. The molecule has 3 rings (SSSR count). The monoisotopic (exact) mass is 429 g/mol. The van der Waals surface area contributed by atoms with Crippen molar-refractivity contribution in [3.8, 4) is 0 Å². The Morgan fingerprint density at radius 2 is 1.32 bits per heavy atom. The van der Waals surface area contributed by atoms with Gasteiger partial charge in [0, 0.05) is 38.3 Å². The summed E-state index contributed by atoms with van der Waals surface area (Å²) in [6.07, 6.45) is 0. The van der Waals surface area contributed by atoms with Crippen LogP contribution in [0, 0.1) is 15.9 Å². The summed E-state index contributed by atoms with van der Waals surface area (Å²) in [5.41, 5.74) is -0.349. The van der Waals surface area contributed by atoms with E-state index in [-0.39, 0.29) is 41.7 Å². The van der Waals surface area contributed by atoms with E-state index < -0.39 is 30.8 Å². The minimum Gasteiger partial charge on any atom is -0.258 e. The third-order valence-electron chi connectivity index (χ3n) is 4.32. The molecule has 9 nitrogen and oxygen atoms in total. The zero-order valence-corrected chi connectivity index (χ0v) is 16.1. The zero-order valence-electron chi connectivity index (χ0n) is 14.4. The molecule has 12 heteroatoms. The Hall–Kier alpha value is -2.41. The third kappa shape index (κ3) is 3.90. The SMILES string of the molecule is O=[N+]([O-])c1cccc(S(=O)(=O)N2CCN(S(=O)(=O)c3ccc(F)cc3)CC2)c1. The topological polar surface area (TPSA) is 118 Å². The van der Waals surface area contributed by atoms with Gasteiger partial charge in [0.15, 0.2) is 0 Å². The Bertz CT molecular complexity index is 1100. The lowest BCUT2D eigenvalue weighted by Crippen LogP contribution is -2.50. The van der Waals surface area contributed by atoms with Crippen molar-refractivity contribution in [1.29, 1.82) is 0 Å². The first-order valence-corrected chi connectivity index (χ1v) is 11.0. The molecule has 2 aromatic carbocycles. The molecule has 0 radical (unpaired) electrons. The van der Waals surface area contributed by atoms with Gasteiger partial charge in [0.25, 0.3) is 5.69 Å². The normalized spacial score (nSPS) is 16.8. The molecule has 2 aromatic rings. The fourth-order valence-electron chi connectivity index (χ4n) is 2.81. The van der Waals surface area contributed by atoms with Crippen molar-refractivity contribution in [1.82, 2.24) is 8.61 Å². The summed E-state index contributed by atoms with van der Waals surface area (Å²) in [6, 6.07) is 9.06. The standard InChI is InChI=1S/C16H16FN3O6S2/c17-13-4-6-15(7-5-13)27(23,24)18-8-10-19(11-9-18)28(25,26)16-3-1-2-14(12-16)20(21)22/h1-7,12H,8-11H2. The molecule has 0 aliphatic carbocycles. The summed E-state index contributed by atoms with van der Waals surface area (Å²) in [4.78, 5) is 9.87. The second kappa shape index (κ2) is 7.54. The molecule has 0 spiro atoms. The lowest BCUT2D eigenvalue weighted by atomic mass is 10.3. The Labute approximate surface area is 161 Å². The van der Waals surface area contributed by atoms with E-state index in [0.29, 0.717) is 0 Å². The maximum absolute atomic E-state index is 13.0. The third-order valence-corrected chi connectivity index (χ3v) is 8.12. The molecule has 1 aliphatic heterocycles. The summed E-state index contributed by atoms with van der Waals surface area (Å²) in [5, 5.41) is 10.9. The van der Waals surface area contributed by atoms with E-state index >= 15 is 0 Å². The Morgan fingerprint density at radius 1 is 0.821 bits per heavy atom. The maximum Gasteiger partial charge on any atom is 0.270 e. The summed E-state index contributed by atoms with van der Waals surface area (Å²) < 4.78 is 65.9. The molecule has 0 bridgehead atoms. The zero-order chi connectivity index (χ0) is 20.5. The van der Waals surface area contributed by atoms with Gasteiger partial charge >= 0.3 is 0 Å². The summed E-state index contributed by atoms with van der Waals surface area (Å²) in [5.74, 6) is -0.563. The van der Waals surface area contributed by atoms with Crippen molar-refractivity contribution in [3.05, 3.63) is 64.5 Å². The van der Waals surface area contributed by atoms with Crippen LogP contribution in [0.25, 0.3) is 0 Å². The minimum atomic E-state index is -4.00. The van der Waals surface area contributed by atoms with Gasteiger partial charge in [-0.2, -0.15) is 8.61 Å². The smallest absolute Gasteiger partial charge is 0.258 e. The van der Waals surface area contributed by atoms with E-state index in [4.69, 9.17) is 0 Å². The molecule has 0 aromatic heterocycles. The largest absolute Gasteiger partial charge is 0.270 e. The van der Waals surface area contributed by atoms with Gasteiger partial charge in [-0.05, 0) is 30.3 Å². The van der Waals surface area contributed by atoms with Crippen molar-refractivity contribution in [2.75, 3.05) is 26.2 Å². The number of rotatable bonds is 5. The number of nitrogens with zero attached hydrogens (tertiary/aromatic N) is 3. The van der Waals surface area contributed by atoms with Gasteiger partial charge in [0.1, 0.15) is 5.82 Å². The molecule has 150 valence electrons. The van der Waals surface area contributed by atoms with Gasteiger partial charge in [0.05, 0.1) is 14.7 Å². The number of nitro groups is 1. The molecule has 1 aliphatic rings. The molecule has 0 N–H and O–H groups in total. The highest BCUT2D eigenvalue weighted by Gasteiger charge is 2.34. The molecular weight excluding hydrogens is 413 g/mol. The van der Waals surface area contributed by atoms with Crippen LogP contribution >= 0.6 is 0 Å². The van der Waals surface area contributed by atoms with Crippen LogP contribution in [-0.2, 0) is 20.0 Å². The number of piperazine rings is 1. The minimum absolute atomic E-state index is 0.0797. The van der Waals surface area contributed by atoms with Crippen molar-refractivity contribution < 1.29 is 26.1 Å². The number of nitro benzene ring substituents is 1. The van der Waals surface area contributed by atoms with Crippen LogP contribution in [0.5, 0.6) is 0 Å². The van der Waals surface area contributed by atoms with Crippen LogP contribution in [0.4, 0.5) is 10.1 Å². The van der Waals surface area contributed by atoms with Crippen molar-refractivity contribution in [2.45, 2.75) is 9.79 Å². The lowest BCUT2D eigenvalue weighted by molar-refractivity contribution is -0.385. The highest BCUT2D eigenvalue weighted by molar-refractivity contribution is 7.89. The first kappa shape index (κ1) is 20.3. The fraction of sp³-hybridized carbons (Fsp3) is 0.250. The second-order valence-corrected chi connectivity index (χ2v) is 9.89. The van der Waals surface area contributed by atoms with Crippen LogP contribution in [-0.4, -0.2) is 56.5 Å². The Morgan fingerprint density at radius 3 is 1.82 bits per heavy atom. The van der Waals surface area contributed by atoms with Crippen molar-refractivity contribution >= 4 is 25.7 Å². The highest BCUT2D eigenvalue weighted by atomic mass is 32.2. The van der Waals surface area contributed by atoms with Crippen LogP contribution in [0.2, 0.25) is 0 Å². The number of benzene rings is 2. The van der Waals surface area contributed by atoms with Gasteiger partial charge in [0.2, 0.25) is 20.0 Å². The van der Waals surface area contributed by atoms with E-state index in [2.05, 4.69) is 0 Å². The molecule has 28 heavy (non-hydrogen) atoms. The Kier molecular flexibility index (Phi) is 5.48. The molecule has 0 amide bonds. The van der Waals surface area contributed by atoms with E-state index in [1.165, 1.54) is 18.2 Å². The van der Waals surface area contributed by atoms with Crippen LogP contribution < -0.4 is 0 Å². The van der Waals surface area contributed by atoms with E-state index in [1.54, 1.807) is 0 Å². The summed E-state index contributed by atoms with van der Waals surface area (Å²) >= 11 is 0. The molecule has 0 unspecified atom stereocenters. The average molecular weight is 429 g/mol. The first-order chi connectivity index (χ1) is 13.1. The predicted octanol–water partition coefficient (Wildman–Crippen LogP) is 1.43. The summed E-state index contributed by atoms with van der Waals surface area (Å²) in [6.45, 7) is -0.390. The number of halogens is 1. The van der Waals surface area contributed by atoms with Gasteiger partial charge in [-0.1, -0.05) is 6.07 Å². The average Bonchev–Trinajstić information content (AvgIpc) is 2.68. The van der Waals surface area contributed by atoms with E-state index in [0.717, 1.165) is 38.9 Å². The van der Waals surface area contributed by atoms with Gasteiger partial charge in [-0.15, -0.1) is 0 Å². The van der Waals surface area contributed by atoms with Gasteiger partial charge in [-0.25, -0.2) is 21.2 Å². The van der Waals surface area contributed by atoms with Crippen molar-refractivity contribution in [3.63, 3.8) is 0 Å². The number of non-ortho nitro benzene ring substituents is 1. The molecule has 1 heterocycles. The fourth-order valence-corrected chi connectivity index (χ4v) is 5.70. The van der Waals surface area contributed by atoms with E-state index in [1.807, 2.05) is 0 Å². The van der Waals surface area contributed by atoms with Gasteiger partial charge < -0.3 is 0 Å². The van der Waals surface area contributed by atoms with Crippen LogP contribution in [0.15, 0.2) is 58.3 Å².